The van der Waals surface area contributed by atoms with Gasteiger partial charge in [-0.05, 0) is 26.7 Å². The SMILES string of the molecule is CC(C)CNC(=O)C(C)NCC(C)(C)C(N)=O. The third-order valence-electron chi connectivity index (χ3n) is 2.60. The largest absolute Gasteiger partial charge is 0.369 e. The van der Waals surface area contributed by atoms with E-state index in [-0.39, 0.29) is 17.9 Å². The Labute approximate surface area is 104 Å². The molecule has 0 aromatic heterocycles. The number of nitrogens with one attached hydrogen (secondary N) is 2. The fourth-order valence-electron chi connectivity index (χ4n) is 1.05. The first-order valence-corrected chi connectivity index (χ1v) is 5.98. The maximum absolute atomic E-state index is 11.6. The fraction of sp³-hybridized carbons (Fsp3) is 0.833. The van der Waals surface area contributed by atoms with Gasteiger partial charge in [-0.25, -0.2) is 0 Å². The van der Waals surface area contributed by atoms with E-state index in [2.05, 4.69) is 10.6 Å². The second-order valence-electron chi connectivity index (χ2n) is 5.49. The predicted molar refractivity (Wildman–Crippen MR) is 68.3 cm³/mol. The summed E-state index contributed by atoms with van der Waals surface area (Å²) in [5, 5.41) is 5.84. The van der Waals surface area contributed by atoms with Crippen molar-refractivity contribution in [1.29, 1.82) is 0 Å². The lowest BCUT2D eigenvalue weighted by molar-refractivity contribution is -0.127. The number of nitrogens with two attached hydrogens (primary N) is 1. The first kappa shape index (κ1) is 15.9. The molecule has 4 N–H and O–H groups in total. The summed E-state index contributed by atoms with van der Waals surface area (Å²) >= 11 is 0. The van der Waals surface area contributed by atoms with E-state index in [1.165, 1.54) is 0 Å². The van der Waals surface area contributed by atoms with Crippen LogP contribution in [0.5, 0.6) is 0 Å². The van der Waals surface area contributed by atoms with Gasteiger partial charge in [0.1, 0.15) is 0 Å². The van der Waals surface area contributed by atoms with Crippen LogP contribution in [0.3, 0.4) is 0 Å². The Hall–Kier alpha value is -1.10. The van der Waals surface area contributed by atoms with Gasteiger partial charge in [0.15, 0.2) is 0 Å². The first-order valence-electron chi connectivity index (χ1n) is 5.98. The van der Waals surface area contributed by atoms with Gasteiger partial charge in [-0.1, -0.05) is 13.8 Å². The van der Waals surface area contributed by atoms with Crippen LogP contribution in [-0.4, -0.2) is 30.9 Å². The van der Waals surface area contributed by atoms with Crippen LogP contribution >= 0.6 is 0 Å². The van der Waals surface area contributed by atoms with Crippen molar-refractivity contribution in [3.63, 3.8) is 0 Å². The number of hydrogen-bond donors (Lipinski definition) is 3. The van der Waals surface area contributed by atoms with Gasteiger partial charge in [-0.3, -0.25) is 9.59 Å². The van der Waals surface area contributed by atoms with Crippen molar-refractivity contribution in [2.24, 2.45) is 17.1 Å². The van der Waals surface area contributed by atoms with Gasteiger partial charge in [-0.15, -0.1) is 0 Å². The van der Waals surface area contributed by atoms with Crippen LogP contribution in [-0.2, 0) is 9.59 Å². The Kier molecular flexibility index (Phi) is 6.16. The molecule has 0 spiro atoms. The molecule has 0 heterocycles. The van der Waals surface area contributed by atoms with Crippen molar-refractivity contribution in [2.75, 3.05) is 13.1 Å². The molecule has 0 aromatic rings. The fourth-order valence-corrected chi connectivity index (χ4v) is 1.05. The van der Waals surface area contributed by atoms with Crippen LogP contribution in [0.15, 0.2) is 0 Å². The van der Waals surface area contributed by atoms with Gasteiger partial charge in [-0.2, -0.15) is 0 Å². The summed E-state index contributed by atoms with van der Waals surface area (Å²) in [5.74, 6) is -0.00744. The molecule has 0 aliphatic carbocycles. The van der Waals surface area contributed by atoms with Gasteiger partial charge in [0, 0.05) is 13.1 Å². The zero-order valence-corrected chi connectivity index (χ0v) is 11.5. The van der Waals surface area contributed by atoms with E-state index in [1.807, 2.05) is 13.8 Å². The smallest absolute Gasteiger partial charge is 0.236 e. The van der Waals surface area contributed by atoms with Crippen LogP contribution in [0.25, 0.3) is 0 Å². The molecular formula is C12H25N3O2. The molecule has 0 radical (unpaired) electrons. The Balaban J connectivity index is 4.05. The molecule has 0 rings (SSSR count). The summed E-state index contributed by atoms with van der Waals surface area (Å²) in [4.78, 5) is 22.7. The molecule has 0 saturated carbocycles. The molecule has 0 saturated heterocycles. The average molecular weight is 243 g/mol. The molecule has 0 fully saturated rings. The van der Waals surface area contributed by atoms with Gasteiger partial charge >= 0.3 is 0 Å². The summed E-state index contributed by atoms with van der Waals surface area (Å²) in [6.07, 6.45) is 0. The van der Waals surface area contributed by atoms with Gasteiger partial charge in [0.05, 0.1) is 11.5 Å². The topological polar surface area (TPSA) is 84.2 Å². The third kappa shape index (κ3) is 6.26. The minimum atomic E-state index is -0.646. The molecule has 5 heteroatoms. The lowest BCUT2D eigenvalue weighted by Crippen LogP contribution is -2.48. The maximum atomic E-state index is 11.6. The molecule has 1 atom stereocenters. The zero-order valence-electron chi connectivity index (χ0n) is 11.5. The molecule has 1 unspecified atom stereocenters. The Morgan fingerprint density at radius 2 is 1.76 bits per heavy atom. The lowest BCUT2D eigenvalue weighted by Gasteiger charge is -2.23. The highest BCUT2D eigenvalue weighted by Crippen LogP contribution is 2.12. The van der Waals surface area contributed by atoms with Crippen molar-refractivity contribution >= 4 is 11.8 Å². The highest BCUT2D eigenvalue weighted by Gasteiger charge is 2.26. The normalized spacial score (nSPS) is 13.5. The quantitative estimate of drug-likeness (QED) is 0.599. The Morgan fingerprint density at radius 1 is 1.24 bits per heavy atom. The van der Waals surface area contributed by atoms with Crippen LogP contribution in [0.1, 0.15) is 34.6 Å². The van der Waals surface area contributed by atoms with Crippen molar-refractivity contribution in [3.05, 3.63) is 0 Å². The Bertz CT molecular complexity index is 275. The second kappa shape index (κ2) is 6.59. The maximum Gasteiger partial charge on any atom is 0.236 e. The minimum Gasteiger partial charge on any atom is -0.369 e. The van der Waals surface area contributed by atoms with E-state index in [0.29, 0.717) is 19.0 Å². The van der Waals surface area contributed by atoms with Crippen LogP contribution < -0.4 is 16.4 Å². The number of amides is 2. The van der Waals surface area contributed by atoms with Gasteiger partial charge in [0.2, 0.25) is 11.8 Å². The molecule has 0 aliphatic heterocycles. The van der Waals surface area contributed by atoms with Crippen molar-refractivity contribution < 1.29 is 9.59 Å². The number of carbonyl (C=O) groups is 2. The summed E-state index contributed by atoms with van der Waals surface area (Å²) in [6.45, 7) is 10.4. The van der Waals surface area contributed by atoms with E-state index in [0.717, 1.165) is 0 Å². The summed E-state index contributed by atoms with van der Waals surface area (Å²) in [7, 11) is 0. The number of primary amides is 1. The Morgan fingerprint density at radius 3 is 2.18 bits per heavy atom. The molecule has 0 aliphatic rings. The second-order valence-corrected chi connectivity index (χ2v) is 5.49. The molecule has 5 nitrogen and oxygen atoms in total. The standard InChI is InChI=1S/C12H25N3O2/c1-8(2)6-14-10(16)9(3)15-7-12(4,5)11(13)17/h8-9,15H,6-7H2,1-5H3,(H2,13,17)(H,14,16). The average Bonchev–Trinajstić information content (AvgIpc) is 2.22. The monoisotopic (exact) mass is 243 g/mol. The van der Waals surface area contributed by atoms with Gasteiger partial charge < -0.3 is 16.4 Å². The minimum absolute atomic E-state index is 0.0565. The molecule has 2 amide bonds. The van der Waals surface area contributed by atoms with Crippen LogP contribution in [0.4, 0.5) is 0 Å². The highest BCUT2D eigenvalue weighted by atomic mass is 16.2. The first-order chi connectivity index (χ1) is 7.66. The van der Waals surface area contributed by atoms with Crippen LogP contribution in [0, 0.1) is 11.3 Å². The van der Waals surface area contributed by atoms with Crippen molar-refractivity contribution in [2.45, 2.75) is 40.7 Å². The number of rotatable bonds is 7. The van der Waals surface area contributed by atoms with Crippen LogP contribution in [0.2, 0.25) is 0 Å². The summed E-state index contributed by atoms with van der Waals surface area (Å²) in [5.41, 5.74) is 4.61. The van der Waals surface area contributed by atoms with E-state index in [1.54, 1.807) is 20.8 Å². The molecule has 100 valence electrons. The summed E-state index contributed by atoms with van der Waals surface area (Å²) in [6, 6.07) is -0.327. The molecular weight excluding hydrogens is 218 g/mol. The predicted octanol–water partition coefficient (Wildman–Crippen LogP) is 0.248. The van der Waals surface area contributed by atoms with E-state index >= 15 is 0 Å². The van der Waals surface area contributed by atoms with Gasteiger partial charge in [0.25, 0.3) is 0 Å². The zero-order chi connectivity index (χ0) is 13.6. The van der Waals surface area contributed by atoms with E-state index < -0.39 is 5.41 Å². The third-order valence-corrected chi connectivity index (χ3v) is 2.60. The van der Waals surface area contributed by atoms with E-state index in [9.17, 15) is 9.59 Å². The highest BCUT2D eigenvalue weighted by molar-refractivity contribution is 5.82. The van der Waals surface area contributed by atoms with Crippen molar-refractivity contribution in [1.82, 2.24) is 10.6 Å². The van der Waals surface area contributed by atoms with Crippen molar-refractivity contribution in [3.8, 4) is 0 Å². The molecule has 0 bridgehead atoms. The number of carbonyl (C=O) groups excluding carboxylic acids is 2. The van der Waals surface area contributed by atoms with E-state index in [4.69, 9.17) is 5.73 Å². The summed E-state index contributed by atoms with van der Waals surface area (Å²) < 4.78 is 0. The number of hydrogen-bond acceptors (Lipinski definition) is 3. The molecule has 0 aromatic carbocycles. The molecule has 17 heavy (non-hydrogen) atoms. The lowest BCUT2D eigenvalue weighted by atomic mass is 9.92.